The van der Waals surface area contributed by atoms with E-state index in [1.54, 1.807) is 4.57 Å². The second kappa shape index (κ2) is 7.77. The van der Waals surface area contributed by atoms with Crippen LogP contribution in [0.1, 0.15) is 29.0 Å². The molecule has 1 saturated heterocycles. The molecule has 0 aliphatic carbocycles. The molecule has 9 nitrogen and oxygen atoms in total. The Kier molecular flexibility index (Phi) is 5.70. The molecule has 3 heterocycles. The van der Waals surface area contributed by atoms with E-state index in [0.717, 1.165) is 5.69 Å². The topological polar surface area (TPSA) is 126 Å². The first-order valence-corrected chi connectivity index (χ1v) is 10.6. The van der Waals surface area contributed by atoms with Crippen molar-refractivity contribution in [3.8, 4) is 11.4 Å². The van der Waals surface area contributed by atoms with Crippen LogP contribution >= 0.6 is 12.4 Å². The molecule has 1 fully saturated rings. The lowest BCUT2D eigenvalue weighted by Gasteiger charge is -2.31. The number of nitrogens with two attached hydrogens (primary N) is 1. The van der Waals surface area contributed by atoms with Crippen molar-refractivity contribution >= 4 is 34.0 Å². The summed E-state index contributed by atoms with van der Waals surface area (Å²) in [5.41, 5.74) is 6.32. The molecular weight excluding hydrogens is 420 g/mol. The zero-order valence-electron chi connectivity index (χ0n) is 15.7. The zero-order valence-corrected chi connectivity index (χ0v) is 17.3. The fourth-order valence-electron chi connectivity index (χ4n) is 3.43. The Labute approximate surface area is 174 Å². The number of benzene rings is 1. The Hall–Kier alpha value is -2.43. The molecule has 0 saturated carbocycles. The lowest BCUT2D eigenvalue weighted by atomic mass is 9.94. The molecule has 29 heavy (non-hydrogen) atoms. The largest absolute Gasteiger partial charge is 0.485 e. The summed E-state index contributed by atoms with van der Waals surface area (Å²) in [6.07, 6.45) is 1.83. The van der Waals surface area contributed by atoms with Crippen molar-refractivity contribution in [1.82, 2.24) is 9.55 Å². The molecule has 0 radical (unpaired) electrons. The van der Waals surface area contributed by atoms with Gasteiger partial charge >= 0.3 is 11.9 Å². The lowest BCUT2D eigenvalue weighted by molar-refractivity contribution is -0.147. The Morgan fingerprint density at radius 2 is 2.00 bits per heavy atom. The standard InChI is InChI=1S/C18H20N4O5S.ClH/c1-26-17(24)18(19)6-8-28(25,9-7-18)21-16(23)15-13-10-27-14-5-3-2-4-12(14)22(13)11-20-15;/h2-5,11H,6-10,19H2,1H3;1H. The van der Waals surface area contributed by atoms with E-state index in [1.165, 1.54) is 13.4 Å². The van der Waals surface area contributed by atoms with Crippen molar-refractivity contribution in [1.29, 1.82) is 0 Å². The molecular formula is C18H21ClN4O5S. The average Bonchev–Trinajstić information content (AvgIpc) is 3.15. The van der Waals surface area contributed by atoms with Gasteiger partial charge in [-0.3, -0.25) is 14.2 Å². The third kappa shape index (κ3) is 3.75. The first-order chi connectivity index (χ1) is 13.4. The highest BCUT2D eigenvalue weighted by molar-refractivity contribution is 7.93. The maximum atomic E-state index is 13.0. The normalized spacial score (nSPS) is 24.9. The van der Waals surface area contributed by atoms with Crippen molar-refractivity contribution in [2.24, 2.45) is 10.1 Å². The molecule has 11 heteroatoms. The summed E-state index contributed by atoms with van der Waals surface area (Å²) in [4.78, 5) is 28.7. The van der Waals surface area contributed by atoms with E-state index in [2.05, 4.69) is 9.35 Å². The molecule has 2 aromatic rings. The number of amides is 1. The second-order valence-electron chi connectivity index (χ2n) is 6.89. The van der Waals surface area contributed by atoms with Gasteiger partial charge in [0.15, 0.2) is 5.69 Å². The third-order valence-electron chi connectivity index (χ3n) is 5.13. The lowest BCUT2D eigenvalue weighted by Crippen LogP contribution is -2.53. The first kappa shape index (κ1) is 21.3. The van der Waals surface area contributed by atoms with Crippen molar-refractivity contribution < 1.29 is 23.3 Å². The number of carbonyl (C=O) groups is 2. The van der Waals surface area contributed by atoms with Crippen molar-refractivity contribution in [3.63, 3.8) is 0 Å². The van der Waals surface area contributed by atoms with Crippen LogP contribution in [0.5, 0.6) is 5.75 Å². The van der Waals surface area contributed by atoms with Gasteiger partial charge < -0.3 is 15.2 Å². The second-order valence-corrected chi connectivity index (χ2v) is 9.44. The quantitative estimate of drug-likeness (QED) is 0.700. The van der Waals surface area contributed by atoms with Crippen LogP contribution in [0.2, 0.25) is 0 Å². The first-order valence-electron chi connectivity index (χ1n) is 8.78. The summed E-state index contributed by atoms with van der Waals surface area (Å²) >= 11 is 0. The van der Waals surface area contributed by atoms with Gasteiger partial charge in [-0.05, 0) is 25.0 Å². The number of esters is 1. The van der Waals surface area contributed by atoms with Crippen LogP contribution in [0.3, 0.4) is 0 Å². The summed E-state index contributed by atoms with van der Waals surface area (Å²) in [6, 6.07) is 7.42. The zero-order chi connectivity index (χ0) is 19.9. The predicted molar refractivity (Wildman–Crippen MR) is 108 cm³/mol. The molecule has 0 spiro atoms. The summed E-state index contributed by atoms with van der Waals surface area (Å²) in [5.74, 6) is -0.383. The van der Waals surface area contributed by atoms with E-state index >= 15 is 0 Å². The molecule has 0 unspecified atom stereocenters. The highest BCUT2D eigenvalue weighted by atomic mass is 35.5. The number of rotatable bonds is 2. The Morgan fingerprint density at radius 3 is 2.69 bits per heavy atom. The van der Waals surface area contributed by atoms with Crippen molar-refractivity contribution in [2.45, 2.75) is 25.0 Å². The molecule has 1 aromatic heterocycles. The van der Waals surface area contributed by atoms with Gasteiger partial charge in [0.2, 0.25) is 0 Å². The summed E-state index contributed by atoms with van der Waals surface area (Å²) in [6.45, 7) is 0.170. The number of halogens is 1. The molecule has 1 amide bonds. The van der Waals surface area contributed by atoms with Gasteiger partial charge in [0.25, 0.3) is 0 Å². The number of hydrogen-bond donors (Lipinski definition) is 1. The van der Waals surface area contributed by atoms with E-state index < -0.39 is 27.1 Å². The number of para-hydroxylation sites is 2. The van der Waals surface area contributed by atoms with Crippen LogP contribution in [-0.4, -0.2) is 49.8 Å². The van der Waals surface area contributed by atoms with Gasteiger partial charge in [0.05, 0.1) is 28.2 Å². The molecule has 2 aliphatic rings. The summed E-state index contributed by atoms with van der Waals surface area (Å²) < 4.78 is 29.2. The van der Waals surface area contributed by atoms with Gasteiger partial charge in [-0.1, -0.05) is 12.1 Å². The van der Waals surface area contributed by atoms with Gasteiger partial charge in [-0.2, -0.15) is 4.36 Å². The number of carbonyl (C=O) groups excluding carboxylic acids is 2. The highest BCUT2D eigenvalue weighted by Crippen LogP contribution is 2.31. The van der Waals surface area contributed by atoms with Crippen molar-refractivity contribution in [2.75, 3.05) is 18.6 Å². The number of methoxy groups -OCH3 is 1. The fraction of sp³-hybridized carbons (Fsp3) is 0.389. The summed E-state index contributed by atoms with van der Waals surface area (Å²) in [7, 11) is -1.55. The number of fused-ring (bicyclic) bond motifs is 3. The van der Waals surface area contributed by atoms with Crippen molar-refractivity contribution in [3.05, 3.63) is 42.0 Å². The monoisotopic (exact) mass is 440 g/mol. The molecule has 0 atom stereocenters. The van der Waals surface area contributed by atoms with Crippen LogP contribution in [0.15, 0.2) is 35.0 Å². The summed E-state index contributed by atoms with van der Waals surface area (Å²) in [5, 5.41) is 0. The third-order valence-corrected chi connectivity index (χ3v) is 7.32. The van der Waals surface area contributed by atoms with Gasteiger partial charge in [0.1, 0.15) is 24.2 Å². The Morgan fingerprint density at radius 1 is 1.31 bits per heavy atom. The number of aromatic nitrogens is 2. The van der Waals surface area contributed by atoms with Crippen LogP contribution in [0.4, 0.5) is 0 Å². The van der Waals surface area contributed by atoms with E-state index in [1.807, 2.05) is 24.3 Å². The molecule has 4 rings (SSSR count). The van der Waals surface area contributed by atoms with Gasteiger partial charge in [-0.25, -0.2) is 9.19 Å². The minimum Gasteiger partial charge on any atom is -0.485 e. The number of hydrogen-bond acceptors (Lipinski definition) is 7. The van der Waals surface area contributed by atoms with E-state index in [0.29, 0.717) is 11.4 Å². The molecule has 2 aliphatic heterocycles. The number of ether oxygens (including phenoxy) is 2. The minimum absolute atomic E-state index is 0. The van der Waals surface area contributed by atoms with Crippen LogP contribution < -0.4 is 10.5 Å². The smallest absolute Gasteiger partial charge is 0.325 e. The number of nitrogens with zero attached hydrogens (tertiary/aromatic N) is 3. The minimum atomic E-state index is -2.82. The maximum absolute atomic E-state index is 13.0. The fourth-order valence-corrected chi connectivity index (χ4v) is 5.57. The highest BCUT2D eigenvalue weighted by Gasteiger charge is 2.40. The van der Waals surface area contributed by atoms with E-state index in [9.17, 15) is 13.8 Å². The Bertz CT molecular complexity index is 1080. The maximum Gasteiger partial charge on any atom is 0.325 e. The predicted octanol–water partition coefficient (Wildman–Crippen LogP) is 1.46. The van der Waals surface area contributed by atoms with Gasteiger partial charge in [-0.15, -0.1) is 12.4 Å². The Balaban J connectivity index is 0.00000240. The molecule has 0 bridgehead atoms. The van der Waals surface area contributed by atoms with E-state index in [4.69, 9.17) is 15.2 Å². The molecule has 156 valence electrons. The number of imidazole rings is 1. The van der Waals surface area contributed by atoms with E-state index in [-0.39, 0.29) is 49.1 Å². The SMILES string of the molecule is COC(=O)C1(N)CCS(=O)(=NC(=O)c2ncn3c2COc2ccccc2-3)CC1.Cl. The molecule has 1 aromatic carbocycles. The molecule has 2 N–H and O–H groups in total. The van der Waals surface area contributed by atoms with Crippen LogP contribution in [0, 0.1) is 0 Å². The average molecular weight is 441 g/mol. The van der Waals surface area contributed by atoms with Crippen LogP contribution in [0.25, 0.3) is 5.69 Å². The van der Waals surface area contributed by atoms with Crippen LogP contribution in [-0.2, 0) is 25.9 Å². The van der Waals surface area contributed by atoms with Gasteiger partial charge in [0, 0.05) is 11.5 Å².